The number of nitrogens with one attached hydrogen (secondary N) is 1. The first-order chi connectivity index (χ1) is 6.55. The van der Waals surface area contributed by atoms with Gasteiger partial charge in [0.1, 0.15) is 0 Å². The Balaban J connectivity index is 2.35. The molecule has 0 amide bonds. The number of rotatable bonds is 4. The van der Waals surface area contributed by atoms with Gasteiger partial charge in [-0.25, -0.2) is 0 Å². The van der Waals surface area contributed by atoms with Gasteiger partial charge in [0.2, 0.25) is 0 Å². The van der Waals surface area contributed by atoms with Crippen LogP contribution in [0.5, 0.6) is 0 Å². The van der Waals surface area contributed by atoms with E-state index < -0.39 is 0 Å². The molecule has 2 nitrogen and oxygen atoms in total. The predicted octanol–water partition coefficient (Wildman–Crippen LogP) is 2.11. The first-order valence-electron chi connectivity index (χ1n) is 6.00. The summed E-state index contributed by atoms with van der Waals surface area (Å²) in [5.41, 5.74) is 0.527. The highest BCUT2D eigenvalue weighted by Gasteiger charge is 2.28. The number of likely N-dealkylation sites (tertiary alicyclic amines) is 1. The molecular weight excluding hydrogens is 172 g/mol. The smallest absolute Gasteiger partial charge is 0.0192 e. The van der Waals surface area contributed by atoms with Crippen molar-refractivity contribution >= 4 is 0 Å². The lowest BCUT2D eigenvalue weighted by Crippen LogP contribution is -2.48. The second kappa shape index (κ2) is 5.13. The Hall–Kier alpha value is -0.0800. The van der Waals surface area contributed by atoms with Crippen LogP contribution in [0.3, 0.4) is 0 Å². The molecule has 1 aliphatic heterocycles. The number of likely N-dealkylation sites (N-methyl/N-ethyl adjacent to an activating group) is 1. The molecule has 0 aliphatic carbocycles. The number of hydrogen-bond donors (Lipinski definition) is 1. The van der Waals surface area contributed by atoms with Gasteiger partial charge in [-0.15, -0.1) is 0 Å². The van der Waals surface area contributed by atoms with E-state index >= 15 is 0 Å². The standard InChI is InChI=1S/C12H26N2/c1-5-13-9-11(2)14-8-6-7-12(3,4)10-14/h11,13H,5-10H2,1-4H3. The molecule has 2 heteroatoms. The molecule has 1 saturated heterocycles. The predicted molar refractivity (Wildman–Crippen MR) is 62.6 cm³/mol. The average Bonchev–Trinajstić information content (AvgIpc) is 2.12. The van der Waals surface area contributed by atoms with Gasteiger partial charge in [0.05, 0.1) is 0 Å². The van der Waals surface area contributed by atoms with E-state index in [0.29, 0.717) is 11.5 Å². The Morgan fingerprint density at radius 2 is 2.14 bits per heavy atom. The van der Waals surface area contributed by atoms with Gasteiger partial charge in [-0.3, -0.25) is 4.90 Å². The fourth-order valence-corrected chi connectivity index (χ4v) is 2.33. The first-order valence-corrected chi connectivity index (χ1v) is 6.00. The van der Waals surface area contributed by atoms with Crippen LogP contribution in [0.4, 0.5) is 0 Å². The molecule has 1 atom stereocenters. The van der Waals surface area contributed by atoms with Gasteiger partial charge in [0, 0.05) is 19.1 Å². The molecule has 1 rings (SSSR count). The van der Waals surface area contributed by atoms with E-state index in [1.807, 2.05) is 0 Å². The SMILES string of the molecule is CCNCC(C)N1CCCC(C)(C)C1. The van der Waals surface area contributed by atoms with Crippen molar-refractivity contribution in [2.24, 2.45) is 5.41 Å². The molecule has 1 heterocycles. The van der Waals surface area contributed by atoms with Gasteiger partial charge in [-0.05, 0) is 38.3 Å². The minimum Gasteiger partial charge on any atom is -0.315 e. The normalized spacial score (nSPS) is 24.9. The molecule has 1 aliphatic rings. The zero-order chi connectivity index (χ0) is 10.6. The molecular formula is C12H26N2. The summed E-state index contributed by atoms with van der Waals surface area (Å²) in [5, 5.41) is 3.43. The summed E-state index contributed by atoms with van der Waals surface area (Å²) < 4.78 is 0. The highest BCUT2D eigenvalue weighted by atomic mass is 15.2. The third kappa shape index (κ3) is 3.58. The first kappa shape index (κ1) is 12.0. The summed E-state index contributed by atoms with van der Waals surface area (Å²) in [4.78, 5) is 2.63. The lowest BCUT2D eigenvalue weighted by molar-refractivity contribution is 0.0845. The van der Waals surface area contributed by atoms with Crippen LogP contribution in [0.15, 0.2) is 0 Å². The molecule has 14 heavy (non-hydrogen) atoms. The maximum Gasteiger partial charge on any atom is 0.0192 e. The Kier molecular flexibility index (Phi) is 4.39. The molecule has 0 bridgehead atoms. The summed E-state index contributed by atoms with van der Waals surface area (Å²) in [5.74, 6) is 0. The maximum absolute atomic E-state index is 3.43. The van der Waals surface area contributed by atoms with E-state index in [1.165, 1.54) is 25.9 Å². The van der Waals surface area contributed by atoms with Crippen LogP contribution in [0, 0.1) is 5.41 Å². The van der Waals surface area contributed by atoms with Crippen molar-refractivity contribution in [3.63, 3.8) is 0 Å². The van der Waals surface area contributed by atoms with Crippen molar-refractivity contribution in [1.29, 1.82) is 0 Å². The van der Waals surface area contributed by atoms with Crippen molar-refractivity contribution in [1.82, 2.24) is 10.2 Å². The van der Waals surface area contributed by atoms with Crippen molar-refractivity contribution in [2.45, 2.75) is 46.6 Å². The van der Waals surface area contributed by atoms with Gasteiger partial charge >= 0.3 is 0 Å². The van der Waals surface area contributed by atoms with Gasteiger partial charge in [-0.1, -0.05) is 20.8 Å². The monoisotopic (exact) mass is 198 g/mol. The van der Waals surface area contributed by atoms with Gasteiger partial charge < -0.3 is 5.32 Å². The molecule has 0 aromatic heterocycles. The number of piperidine rings is 1. The summed E-state index contributed by atoms with van der Waals surface area (Å²) in [6.07, 6.45) is 2.75. The van der Waals surface area contributed by atoms with Crippen LogP contribution in [-0.2, 0) is 0 Å². The second-order valence-corrected chi connectivity index (χ2v) is 5.39. The Labute approximate surface area is 89.1 Å². The molecule has 84 valence electrons. The van der Waals surface area contributed by atoms with Crippen molar-refractivity contribution < 1.29 is 0 Å². The maximum atomic E-state index is 3.43. The molecule has 1 N–H and O–H groups in total. The molecule has 0 saturated carbocycles. The van der Waals surface area contributed by atoms with Crippen LogP contribution < -0.4 is 5.32 Å². The topological polar surface area (TPSA) is 15.3 Å². The molecule has 1 fully saturated rings. The molecule has 0 radical (unpaired) electrons. The van der Waals surface area contributed by atoms with E-state index in [2.05, 4.69) is 37.9 Å². The summed E-state index contributed by atoms with van der Waals surface area (Å²) in [6, 6.07) is 0.689. The average molecular weight is 198 g/mol. The van der Waals surface area contributed by atoms with Crippen LogP contribution in [0.1, 0.15) is 40.5 Å². The van der Waals surface area contributed by atoms with Crippen LogP contribution >= 0.6 is 0 Å². The Morgan fingerprint density at radius 1 is 1.43 bits per heavy atom. The lowest BCUT2D eigenvalue weighted by Gasteiger charge is -2.41. The van der Waals surface area contributed by atoms with Crippen molar-refractivity contribution in [2.75, 3.05) is 26.2 Å². The van der Waals surface area contributed by atoms with Crippen LogP contribution in [-0.4, -0.2) is 37.1 Å². The summed E-state index contributed by atoms with van der Waals surface area (Å²) >= 11 is 0. The van der Waals surface area contributed by atoms with Crippen LogP contribution in [0.2, 0.25) is 0 Å². The third-order valence-electron chi connectivity index (χ3n) is 3.24. The van der Waals surface area contributed by atoms with E-state index in [0.717, 1.165) is 13.1 Å². The minimum absolute atomic E-state index is 0.527. The lowest BCUT2D eigenvalue weighted by atomic mass is 9.83. The highest BCUT2D eigenvalue weighted by Crippen LogP contribution is 2.29. The Bertz CT molecular complexity index is 166. The van der Waals surface area contributed by atoms with Gasteiger partial charge in [0.25, 0.3) is 0 Å². The van der Waals surface area contributed by atoms with E-state index in [1.54, 1.807) is 0 Å². The quantitative estimate of drug-likeness (QED) is 0.744. The van der Waals surface area contributed by atoms with Crippen molar-refractivity contribution in [3.05, 3.63) is 0 Å². The minimum atomic E-state index is 0.527. The highest BCUT2D eigenvalue weighted by molar-refractivity contribution is 4.82. The number of hydrogen-bond acceptors (Lipinski definition) is 2. The van der Waals surface area contributed by atoms with Gasteiger partial charge in [0.15, 0.2) is 0 Å². The largest absolute Gasteiger partial charge is 0.315 e. The molecule has 0 spiro atoms. The zero-order valence-electron chi connectivity index (χ0n) is 10.3. The van der Waals surface area contributed by atoms with Crippen molar-refractivity contribution in [3.8, 4) is 0 Å². The Morgan fingerprint density at radius 3 is 2.71 bits per heavy atom. The molecule has 1 unspecified atom stereocenters. The number of nitrogens with zero attached hydrogens (tertiary/aromatic N) is 1. The van der Waals surface area contributed by atoms with E-state index in [-0.39, 0.29) is 0 Å². The summed E-state index contributed by atoms with van der Waals surface area (Å²) in [6.45, 7) is 14.1. The summed E-state index contributed by atoms with van der Waals surface area (Å²) in [7, 11) is 0. The third-order valence-corrected chi connectivity index (χ3v) is 3.24. The van der Waals surface area contributed by atoms with E-state index in [9.17, 15) is 0 Å². The zero-order valence-corrected chi connectivity index (χ0v) is 10.3. The van der Waals surface area contributed by atoms with E-state index in [4.69, 9.17) is 0 Å². The fraction of sp³-hybridized carbons (Fsp3) is 1.00. The second-order valence-electron chi connectivity index (χ2n) is 5.39. The molecule has 0 aromatic rings. The van der Waals surface area contributed by atoms with Crippen LogP contribution in [0.25, 0.3) is 0 Å². The van der Waals surface area contributed by atoms with Gasteiger partial charge in [-0.2, -0.15) is 0 Å². The fourth-order valence-electron chi connectivity index (χ4n) is 2.33. The molecule has 0 aromatic carbocycles.